The van der Waals surface area contributed by atoms with E-state index < -0.39 is 0 Å². The molecule has 0 radical (unpaired) electrons. The molecule has 0 saturated carbocycles. The molecule has 0 aromatic heterocycles. The topological polar surface area (TPSA) is 21.3 Å². The second-order valence-corrected chi connectivity index (χ2v) is 5.23. The number of rotatable bonds is 4. The molecule has 1 saturated heterocycles. The molecule has 2 rings (SSSR count). The lowest BCUT2D eigenvalue weighted by atomic mass is 9.93. The predicted octanol–water partition coefficient (Wildman–Crippen LogP) is 3.38. The molecule has 1 aliphatic rings. The van der Waals surface area contributed by atoms with Crippen LogP contribution in [0.1, 0.15) is 25.3 Å². The molecule has 1 unspecified atom stereocenters. The molecule has 1 aliphatic heterocycles. The van der Waals surface area contributed by atoms with Crippen molar-refractivity contribution in [1.82, 2.24) is 5.32 Å². The van der Waals surface area contributed by atoms with E-state index in [1.54, 1.807) is 12.1 Å². The summed E-state index contributed by atoms with van der Waals surface area (Å²) < 4.78 is 18.9. The van der Waals surface area contributed by atoms with Crippen molar-refractivity contribution < 1.29 is 9.13 Å². The Bertz CT molecular complexity index is 373. The summed E-state index contributed by atoms with van der Waals surface area (Å²) in [6.45, 7) is 4.28. The number of ether oxygens (including phenoxy) is 1. The van der Waals surface area contributed by atoms with Crippen molar-refractivity contribution in [3.05, 3.63) is 34.6 Å². The zero-order valence-electron chi connectivity index (χ0n) is 10.6. The number of hydrogen-bond donors (Lipinski definition) is 1. The SMILES string of the molecule is CC(NCc1c(F)cccc1Cl)C1CCOCC1. The van der Waals surface area contributed by atoms with Gasteiger partial charge in [-0.2, -0.15) is 0 Å². The Labute approximate surface area is 112 Å². The molecule has 1 aromatic rings. The maximum absolute atomic E-state index is 13.6. The first kappa shape index (κ1) is 13.8. The minimum Gasteiger partial charge on any atom is -0.381 e. The van der Waals surface area contributed by atoms with E-state index in [0.29, 0.717) is 29.1 Å². The van der Waals surface area contributed by atoms with Gasteiger partial charge in [0.05, 0.1) is 0 Å². The average Bonchev–Trinajstić information content (AvgIpc) is 2.39. The Morgan fingerprint density at radius 3 is 2.83 bits per heavy atom. The monoisotopic (exact) mass is 271 g/mol. The Balaban J connectivity index is 1.90. The van der Waals surface area contributed by atoms with E-state index >= 15 is 0 Å². The van der Waals surface area contributed by atoms with Gasteiger partial charge in [-0.15, -0.1) is 0 Å². The van der Waals surface area contributed by atoms with Crippen LogP contribution >= 0.6 is 11.6 Å². The summed E-state index contributed by atoms with van der Waals surface area (Å²) in [7, 11) is 0. The Morgan fingerprint density at radius 1 is 1.44 bits per heavy atom. The fraction of sp³-hybridized carbons (Fsp3) is 0.571. The largest absolute Gasteiger partial charge is 0.381 e. The maximum atomic E-state index is 13.6. The van der Waals surface area contributed by atoms with Gasteiger partial charge in [-0.25, -0.2) is 4.39 Å². The van der Waals surface area contributed by atoms with E-state index in [9.17, 15) is 4.39 Å². The van der Waals surface area contributed by atoms with Crippen LogP contribution in [0.2, 0.25) is 5.02 Å². The molecule has 0 spiro atoms. The molecule has 1 fully saturated rings. The molecule has 0 aliphatic carbocycles. The first-order valence-electron chi connectivity index (χ1n) is 6.42. The fourth-order valence-electron chi connectivity index (χ4n) is 2.35. The first-order valence-corrected chi connectivity index (χ1v) is 6.80. The van der Waals surface area contributed by atoms with Gasteiger partial charge in [-0.3, -0.25) is 0 Å². The molecule has 0 amide bonds. The van der Waals surface area contributed by atoms with Crippen LogP contribution in [-0.4, -0.2) is 19.3 Å². The van der Waals surface area contributed by atoms with Crippen molar-refractivity contribution >= 4 is 11.6 Å². The minimum absolute atomic E-state index is 0.242. The highest BCUT2D eigenvalue weighted by Gasteiger charge is 2.20. The summed E-state index contributed by atoms with van der Waals surface area (Å²) in [4.78, 5) is 0. The minimum atomic E-state index is -0.242. The summed E-state index contributed by atoms with van der Waals surface area (Å²) in [6.07, 6.45) is 2.14. The van der Waals surface area contributed by atoms with Crippen molar-refractivity contribution in [1.29, 1.82) is 0 Å². The predicted molar refractivity (Wildman–Crippen MR) is 71.3 cm³/mol. The van der Waals surface area contributed by atoms with Crippen LogP contribution in [0.15, 0.2) is 18.2 Å². The Kier molecular flexibility index (Phi) is 4.98. The van der Waals surface area contributed by atoms with E-state index in [2.05, 4.69) is 12.2 Å². The molecule has 100 valence electrons. The second-order valence-electron chi connectivity index (χ2n) is 4.82. The highest BCUT2D eigenvalue weighted by atomic mass is 35.5. The Hall–Kier alpha value is -0.640. The molecule has 2 nitrogen and oxygen atoms in total. The highest BCUT2D eigenvalue weighted by Crippen LogP contribution is 2.21. The van der Waals surface area contributed by atoms with Crippen molar-refractivity contribution in [3.63, 3.8) is 0 Å². The highest BCUT2D eigenvalue weighted by molar-refractivity contribution is 6.31. The van der Waals surface area contributed by atoms with E-state index in [-0.39, 0.29) is 5.82 Å². The van der Waals surface area contributed by atoms with Gasteiger partial charge in [0, 0.05) is 36.4 Å². The van der Waals surface area contributed by atoms with Gasteiger partial charge >= 0.3 is 0 Å². The molecule has 1 heterocycles. The molecule has 18 heavy (non-hydrogen) atoms. The lowest BCUT2D eigenvalue weighted by molar-refractivity contribution is 0.0557. The van der Waals surface area contributed by atoms with Crippen molar-refractivity contribution in [2.75, 3.05) is 13.2 Å². The molecular weight excluding hydrogens is 253 g/mol. The molecule has 0 bridgehead atoms. The lowest BCUT2D eigenvalue weighted by Gasteiger charge is -2.28. The second kappa shape index (κ2) is 6.50. The number of benzene rings is 1. The zero-order valence-corrected chi connectivity index (χ0v) is 11.3. The maximum Gasteiger partial charge on any atom is 0.129 e. The van der Waals surface area contributed by atoms with Gasteiger partial charge in [-0.05, 0) is 37.8 Å². The molecule has 4 heteroatoms. The van der Waals surface area contributed by atoms with Gasteiger partial charge in [0.25, 0.3) is 0 Å². The molecular formula is C14H19ClFNO. The third kappa shape index (κ3) is 3.44. The van der Waals surface area contributed by atoms with Crippen LogP contribution in [0.25, 0.3) is 0 Å². The lowest BCUT2D eigenvalue weighted by Crippen LogP contribution is -2.36. The first-order chi connectivity index (χ1) is 8.68. The smallest absolute Gasteiger partial charge is 0.129 e. The van der Waals surface area contributed by atoms with Crippen LogP contribution in [0.3, 0.4) is 0 Å². The summed E-state index contributed by atoms with van der Waals surface area (Å²) in [5.74, 6) is 0.360. The molecule has 1 N–H and O–H groups in total. The normalized spacial score (nSPS) is 18.8. The number of nitrogens with one attached hydrogen (secondary N) is 1. The van der Waals surface area contributed by atoms with Crippen molar-refractivity contribution in [2.45, 2.75) is 32.4 Å². The van der Waals surface area contributed by atoms with Gasteiger partial charge in [0.2, 0.25) is 0 Å². The van der Waals surface area contributed by atoms with E-state index in [1.165, 1.54) is 6.07 Å². The van der Waals surface area contributed by atoms with Crippen LogP contribution in [0.5, 0.6) is 0 Å². The quantitative estimate of drug-likeness (QED) is 0.906. The van der Waals surface area contributed by atoms with Crippen LogP contribution in [-0.2, 0) is 11.3 Å². The van der Waals surface area contributed by atoms with Crippen LogP contribution in [0, 0.1) is 11.7 Å². The fourth-order valence-corrected chi connectivity index (χ4v) is 2.58. The summed E-state index contributed by atoms with van der Waals surface area (Å²) >= 11 is 6.00. The Morgan fingerprint density at radius 2 is 2.17 bits per heavy atom. The number of halogens is 2. The van der Waals surface area contributed by atoms with Gasteiger partial charge in [-0.1, -0.05) is 17.7 Å². The third-order valence-electron chi connectivity index (χ3n) is 3.64. The standard InChI is InChI=1S/C14H19ClFNO/c1-10(11-5-7-18-8-6-11)17-9-12-13(15)3-2-4-14(12)16/h2-4,10-11,17H,5-9H2,1H3. The van der Waals surface area contributed by atoms with Gasteiger partial charge < -0.3 is 10.1 Å². The van der Waals surface area contributed by atoms with Crippen LogP contribution in [0.4, 0.5) is 4.39 Å². The van der Waals surface area contributed by atoms with Crippen LogP contribution < -0.4 is 5.32 Å². The molecule has 1 aromatic carbocycles. The van der Waals surface area contributed by atoms with Crippen molar-refractivity contribution in [3.8, 4) is 0 Å². The van der Waals surface area contributed by atoms with Crippen molar-refractivity contribution in [2.24, 2.45) is 5.92 Å². The summed E-state index contributed by atoms with van der Waals surface area (Å²) in [6, 6.07) is 5.15. The summed E-state index contributed by atoms with van der Waals surface area (Å²) in [5.41, 5.74) is 0.554. The van der Waals surface area contributed by atoms with Gasteiger partial charge in [0.1, 0.15) is 5.82 Å². The van der Waals surface area contributed by atoms with E-state index in [4.69, 9.17) is 16.3 Å². The number of hydrogen-bond acceptors (Lipinski definition) is 2. The van der Waals surface area contributed by atoms with Gasteiger partial charge in [0.15, 0.2) is 0 Å². The molecule has 1 atom stereocenters. The van der Waals surface area contributed by atoms with E-state index in [1.807, 2.05) is 0 Å². The van der Waals surface area contributed by atoms with E-state index in [0.717, 1.165) is 26.1 Å². The zero-order chi connectivity index (χ0) is 13.0. The average molecular weight is 272 g/mol. The summed E-state index contributed by atoms with van der Waals surface area (Å²) in [5, 5.41) is 3.86. The third-order valence-corrected chi connectivity index (χ3v) is 3.99.